The molecule has 18 heavy (non-hydrogen) atoms. The maximum atomic E-state index is 12.2. The van der Waals surface area contributed by atoms with Gasteiger partial charge in [0.15, 0.2) is 0 Å². The highest BCUT2D eigenvalue weighted by Gasteiger charge is 2.59. The number of hydrogen-bond acceptors (Lipinski definition) is 6. The van der Waals surface area contributed by atoms with E-state index >= 15 is 0 Å². The third kappa shape index (κ3) is 2.10. The van der Waals surface area contributed by atoms with Crippen molar-refractivity contribution in [3.05, 3.63) is 0 Å². The maximum absolute atomic E-state index is 12.2. The number of nitrogens with zero attached hydrogens (tertiary/aromatic N) is 1. The summed E-state index contributed by atoms with van der Waals surface area (Å²) in [6.07, 6.45) is 2.55. The third-order valence-electron chi connectivity index (χ3n) is 3.65. The summed E-state index contributed by atoms with van der Waals surface area (Å²) in [6.45, 7) is 4.45. The van der Waals surface area contributed by atoms with Crippen molar-refractivity contribution in [2.75, 3.05) is 13.2 Å². The molecular formula is C12H20N2O4. The molecule has 0 aromatic carbocycles. The molecule has 1 fully saturated rings. The third-order valence-corrected chi connectivity index (χ3v) is 3.65. The lowest BCUT2D eigenvalue weighted by atomic mass is 9.83. The molecule has 2 N–H and O–H groups in total. The summed E-state index contributed by atoms with van der Waals surface area (Å²) in [5.41, 5.74) is 0.0771. The first-order valence-corrected chi connectivity index (χ1v) is 6.36. The van der Waals surface area contributed by atoms with Crippen LogP contribution in [-0.2, 0) is 19.2 Å². The SMILES string of the molecule is CC(C)C1=NOC2(C(=O)OCCON)CCCC12. The molecule has 1 aliphatic carbocycles. The molecule has 2 unspecified atom stereocenters. The van der Waals surface area contributed by atoms with Gasteiger partial charge in [-0.3, -0.25) is 0 Å². The van der Waals surface area contributed by atoms with E-state index in [2.05, 4.69) is 23.8 Å². The van der Waals surface area contributed by atoms with E-state index in [-0.39, 0.29) is 31.0 Å². The lowest BCUT2D eigenvalue weighted by Gasteiger charge is -2.25. The molecule has 102 valence electrons. The van der Waals surface area contributed by atoms with Crippen LogP contribution in [0, 0.1) is 11.8 Å². The number of rotatable bonds is 5. The van der Waals surface area contributed by atoms with E-state index in [1.807, 2.05) is 0 Å². The van der Waals surface area contributed by atoms with Gasteiger partial charge in [0.25, 0.3) is 0 Å². The number of ether oxygens (including phenoxy) is 1. The number of fused-ring (bicyclic) bond motifs is 1. The van der Waals surface area contributed by atoms with Crippen molar-refractivity contribution in [1.29, 1.82) is 0 Å². The second-order valence-corrected chi connectivity index (χ2v) is 5.10. The largest absolute Gasteiger partial charge is 0.460 e. The fourth-order valence-electron chi connectivity index (χ4n) is 2.76. The van der Waals surface area contributed by atoms with Crippen LogP contribution in [0.4, 0.5) is 0 Å². The summed E-state index contributed by atoms with van der Waals surface area (Å²) in [7, 11) is 0. The minimum atomic E-state index is -0.895. The topological polar surface area (TPSA) is 83.1 Å². The number of carbonyl (C=O) groups excluding carboxylic acids is 1. The second kappa shape index (κ2) is 5.24. The molecule has 2 rings (SSSR count). The van der Waals surface area contributed by atoms with Crippen molar-refractivity contribution in [2.45, 2.75) is 38.7 Å². The molecule has 1 heterocycles. The number of oxime groups is 1. The van der Waals surface area contributed by atoms with E-state index in [1.165, 1.54) is 0 Å². The van der Waals surface area contributed by atoms with Gasteiger partial charge >= 0.3 is 5.97 Å². The van der Waals surface area contributed by atoms with Gasteiger partial charge in [-0.25, -0.2) is 10.7 Å². The summed E-state index contributed by atoms with van der Waals surface area (Å²) >= 11 is 0. The molecule has 0 saturated heterocycles. The van der Waals surface area contributed by atoms with Crippen LogP contribution in [0.25, 0.3) is 0 Å². The fourth-order valence-corrected chi connectivity index (χ4v) is 2.76. The minimum Gasteiger partial charge on any atom is -0.460 e. The molecule has 1 saturated carbocycles. The van der Waals surface area contributed by atoms with Crippen LogP contribution in [0.2, 0.25) is 0 Å². The monoisotopic (exact) mass is 256 g/mol. The molecule has 0 aromatic rings. The highest BCUT2D eigenvalue weighted by Crippen LogP contribution is 2.46. The van der Waals surface area contributed by atoms with Gasteiger partial charge in [0, 0.05) is 6.42 Å². The van der Waals surface area contributed by atoms with Crippen LogP contribution in [0.1, 0.15) is 33.1 Å². The number of esters is 1. The van der Waals surface area contributed by atoms with Gasteiger partial charge in [-0.15, -0.1) is 0 Å². The summed E-state index contributed by atoms with van der Waals surface area (Å²) < 4.78 is 5.16. The lowest BCUT2D eigenvalue weighted by Crippen LogP contribution is -2.45. The molecule has 1 aliphatic heterocycles. The molecule has 2 aliphatic rings. The maximum Gasteiger partial charge on any atom is 0.354 e. The minimum absolute atomic E-state index is 0.0591. The Morgan fingerprint density at radius 1 is 1.61 bits per heavy atom. The highest BCUT2D eigenvalue weighted by molar-refractivity contribution is 5.97. The van der Waals surface area contributed by atoms with E-state index in [0.717, 1.165) is 18.6 Å². The van der Waals surface area contributed by atoms with Crippen molar-refractivity contribution >= 4 is 11.7 Å². The summed E-state index contributed by atoms with van der Waals surface area (Å²) in [5, 5.41) is 4.10. The van der Waals surface area contributed by atoms with Crippen LogP contribution in [0.5, 0.6) is 0 Å². The first-order chi connectivity index (χ1) is 8.62. The Balaban J connectivity index is 2.05. The molecule has 2 atom stereocenters. The summed E-state index contributed by atoms with van der Waals surface area (Å²) in [6, 6.07) is 0. The van der Waals surface area contributed by atoms with Crippen molar-refractivity contribution in [2.24, 2.45) is 22.9 Å². The Morgan fingerprint density at radius 2 is 2.39 bits per heavy atom. The van der Waals surface area contributed by atoms with Gasteiger partial charge in [0.1, 0.15) is 13.2 Å². The molecule has 6 nitrogen and oxygen atoms in total. The van der Waals surface area contributed by atoms with Crippen LogP contribution in [0.15, 0.2) is 5.16 Å². The smallest absolute Gasteiger partial charge is 0.354 e. The molecule has 0 spiro atoms. The van der Waals surface area contributed by atoms with Crippen LogP contribution in [0.3, 0.4) is 0 Å². The lowest BCUT2D eigenvalue weighted by molar-refractivity contribution is -0.173. The standard InChI is InChI=1S/C12H20N2O4/c1-8(2)10-9-4-3-5-12(9,18-14-10)11(15)16-6-7-17-13/h8-9H,3-7,13H2,1-2H3. The van der Waals surface area contributed by atoms with Gasteiger partial charge in [-0.1, -0.05) is 19.0 Å². The predicted octanol–water partition coefficient (Wildman–Crippen LogP) is 1.00. The highest BCUT2D eigenvalue weighted by atomic mass is 16.7. The Bertz CT molecular complexity index is 356. The van der Waals surface area contributed by atoms with Crippen molar-refractivity contribution in [3.8, 4) is 0 Å². The number of hydrogen-bond donors (Lipinski definition) is 1. The Kier molecular flexibility index (Phi) is 3.87. The Hall–Kier alpha value is -1.14. The van der Waals surface area contributed by atoms with E-state index in [1.54, 1.807) is 0 Å². The molecular weight excluding hydrogens is 236 g/mol. The van der Waals surface area contributed by atoms with Crippen molar-refractivity contribution in [3.63, 3.8) is 0 Å². The summed E-state index contributed by atoms with van der Waals surface area (Å²) in [5.74, 6) is 4.89. The number of nitrogens with two attached hydrogens (primary N) is 1. The molecule has 6 heteroatoms. The second-order valence-electron chi connectivity index (χ2n) is 5.10. The quantitative estimate of drug-likeness (QED) is 0.451. The van der Waals surface area contributed by atoms with Crippen molar-refractivity contribution < 1.29 is 19.2 Å². The Labute approximate surface area is 106 Å². The number of carbonyl (C=O) groups is 1. The van der Waals surface area contributed by atoms with Crippen molar-refractivity contribution in [1.82, 2.24) is 0 Å². The first kappa shape index (κ1) is 13.3. The van der Waals surface area contributed by atoms with E-state index < -0.39 is 5.60 Å². The average Bonchev–Trinajstić information content (AvgIpc) is 2.86. The van der Waals surface area contributed by atoms with Crippen LogP contribution >= 0.6 is 0 Å². The zero-order valence-corrected chi connectivity index (χ0v) is 10.8. The van der Waals surface area contributed by atoms with Crippen LogP contribution < -0.4 is 5.90 Å². The fraction of sp³-hybridized carbons (Fsp3) is 0.833. The van der Waals surface area contributed by atoms with Gasteiger partial charge in [0.2, 0.25) is 5.60 Å². The van der Waals surface area contributed by atoms with Gasteiger partial charge in [0.05, 0.1) is 11.6 Å². The van der Waals surface area contributed by atoms with Gasteiger partial charge < -0.3 is 14.4 Å². The zero-order chi connectivity index (χ0) is 13.2. The van der Waals surface area contributed by atoms with Gasteiger partial charge in [-0.2, -0.15) is 0 Å². The molecule has 0 bridgehead atoms. The zero-order valence-electron chi connectivity index (χ0n) is 10.8. The van der Waals surface area contributed by atoms with E-state index in [4.69, 9.17) is 15.5 Å². The Morgan fingerprint density at radius 3 is 3.06 bits per heavy atom. The average molecular weight is 256 g/mol. The van der Waals surface area contributed by atoms with E-state index in [0.29, 0.717) is 6.42 Å². The predicted molar refractivity (Wildman–Crippen MR) is 64.5 cm³/mol. The summed E-state index contributed by atoms with van der Waals surface area (Å²) in [4.78, 5) is 22.0. The van der Waals surface area contributed by atoms with E-state index in [9.17, 15) is 4.79 Å². The molecule has 0 aromatic heterocycles. The normalized spacial score (nSPS) is 30.0. The van der Waals surface area contributed by atoms with Gasteiger partial charge in [-0.05, 0) is 18.8 Å². The molecule has 0 radical (unpaired) electrons. The first-order valence-electron chi connectivity index (χ1n) is 6.36. The molecule has 0 amide bonds. The van der Waals surface area contributed by atoms with Crippen LogP contribution in [-0.4, -0.2) is 30.5 Å².